The molecule has 7 heteroatoms. The average Bonchev–Trinajstić information content (AvgIpc) is 2.68. The van der Waals surface area contributed by atoms with Gasteiger partial charge in [-0.3, -0.25) is 4.79 Å². The van der Waals surface area contributed by atoms with Crippen molar-refractivity contribution in [3.8, 4) is 11.5 Å². The van der Waals surface area contributed by atoms with Gasteiger partial charge in [-0.05, 0) is 89.4 Å². The van der Waals surface area contributed by atoms with E-state index in [4.69, 9.17) is 0 Å². The summed E-state index contributed by atoms with van der Waals surface area (Å²) in [5.41, 5.74) is 4.37. The molecule has 0 saturated carbocycles. The molecule has 0 unspecified atom stereocenters. The van der Waals surface area contributed by atoms with Gasteiger partial charge < -0.3 is 25.6 Å². The SMILES string of the molecule is COC(=O)CCCNc1ccc(C[C@H]2NCCc3cc(O)c(O)cc32)cc1I. The number of hydrogen-bond acceptors (Lipinski definition) is 6. The minimum absolute atomic E-state index is 0.0587. The van der Waals surface area contributed by atoms with Crippen molar-refractivity contribution in [2.75, 3.05) is 25.5 Å². The number of aromatic hydroxyl groups is 2. The van der Waals surface area contributed by atoms with E-state index in [1.54, 1.807) is 12.1 Å². The van der Waals surface area contributed by atoms with Crippen molar-refractivity contribution in [2.24, 2.45) is 0 Å². The average molecular weight is 496 g/mol. The van der Waals surface area contributed by atoms with E-state index in [0.29, 0.717) is 13.0 Å². The van der Waals surface area contributed by atoms with Crippen LogP contribution in [0.15, 0.2) is 30.3 Å². The lowest BCUT2D eigenvalue weighted by Gasteiger charge is -2.27. The van der Waals surface area contributed by atoms with Crippen LogP contribution in [0.2, 0.25) is 0 Å². The second kappa shape index (κ2) is 9.47. The number of nitrogens with one attached hydrogen (secondary N) is 2. The Hall–Kier alpha value is -2.00. The highest BCUT2D eigenvalue weighted by Gasteiger charge is 2.22. The maximum absolute atomic E-state index is 11.2. The van der Waals surface area contributed by atoms with Crippen molar-refractivity contribution < 1.29 is 19.7 Å². The summed E-state index contributed by atoms with van der Waals surface area (Å²) in [6.07, 6.45) is 2.78. The van der Waals surface area contributed by atoms with Gasteiger partial charge in [0.2, 0.25) is 0 Å². The van der Waals surface area contributed by atoms with E-state index < -0.39 is 0 Å². The number of ether oxygens (including phenoxy) is 1. The molecule has 0 fully saturated rings. The fraction of sp³-hybridized carbons (Fsp3) is 0.381. The molecule has 0 aliphatic carbocycles. The first-order valence-electron chi connectivity index (χ1n) is 9.35. The lowest BCUT2D eigenvalue weighted by atomic mass is 9.90. The van der Waals surface area contributed by atoms with Crippen molar-refractivity contribution in [1.29, 1.82) is 0 Å². The maximum atomic E-state index is 11.2. The van der Waals surface area contributed by atoms with Gasteiger partial charge in [-0.15, -0.1) is 0 Å². The van der Waals surface area contributed by atoms with Crippen LogP contribution in [0.4, 0.5) is 5.69 Å². The van der Waals surface area contributed by atoms with E-state index in [1.165, 1.54) is 12.7 Å². The molecule has 4 N–H and O–H groups in total. The van der Waals surface area contributed by atoms with Crippen molar-refractivity contribution >= 4 is 34.2 Å². The molecule has 2 aromatic carbocycles. The third-order valence-corrected chi connectivity index (χ3v) is 5.86. The molecule has 2 aromatic rings. The molecule has 1 aliphatic heterocycles. The second-order valence-corrected chi connectivity index (χ2v) is 8.08. The standard InChI is InChI=1S/C21H25IN2O4/c1-28-21(27)3-2-7-23-17-5-4-13(9-16(17)22)10-18-15-12-20(26)19(25)11-14(15)6-8-24-18/h4-5,9,11-12,18,23-26H,2-3,6-8,10H2,1H3/t18-/m1/s1. The Morgan fingerprint density at radius 2 is 2.07 bits per heavy atom. The Balaban J connectivity index is 1.64. The molecule has 1 heterocycles. The highest BCUT2D eigenvalue weighted by atomic mass is 127. The first kappa shape index (κ1) is 20.7. The van der Waals surface area contributed by atoms with Crippen molar-refractivity contribution in [3.05, 3.63) is 50.6 Å². The smallest absolute Gasteiger partial charge is 0.305 e. The number of carbonyl (C=O) groups excluding carboxylic acids is 1. The Labute approximate surface area is 178 Å². The minimum Gasteiger partial charge on any atom is -0.504 e. The van der Waals surface area contributed by atoms with Gasteiger partial charge in [0.25, 0.3) is 0 Å². The van der Waals surface area contributed by atoms with Crippen LogP contribution in [0, 0.1) is 3.57 Å². The topological polar surface area (TPSA) is 90.8 Å². The number of carbonyl (C=O) groups is 1. The lowest BCUT2D eigenvalue weighted by Crippen LogP contribution is -2.31. The minimum atomic E-state index is -0.188. The highest BCUT2D eigenvalue weighted by molar-refractivity contribution is 14.1. The van der Waals surface area contributed by atoms with Gasteiger partial charge in [0.05, 0.1) is 7.11 Å². The van der Waals surface area contributed by atoms with E-state index in [2.05, 4.69) is 56.2 Å². The number of phenolic OH excluding ortho intramolecular Hbond substituents is 2. The zero-order valence-corrected chi connectivity index (χ0v) is 18.0. The number of rotatable bonds is 7. The number of halogens is 1. The molecule has 3 rings (SSSR count). The molecule has 6 nitrogen and oxygen atoms in total. The van der Waals surface area contributed by atoms with Crippen LogP contribution in [0.3, 0.4) is 0 Å². The molecule has 1 aliphatic rings. The molecule has 150 valence electrons. The summed E-state index contributed by atoms with van der Waals surface area (Å²) in [4.78, 5) is 11.2. The predicted octanol–water partition coefficient (Wildman–Crippen LogP) is 3.50. The molecular weight excluding hydrogens is 471 g/mol. The van der Waals surface area contributed by atoms with Crippen molar-refractivity contribution in [3.63, 3.8) is 0 Å². The van der Waals surface area contributed by atoms with Gasteiger partial charge in [0, 0.05) is 28.3 Å². The van der Waals surface area contributed by atoms with Crippen LogP contribution in [0.5, 0.6) is 11.5 Å². The molecular formula is C21H25IN2O4. The van der Waals surface area contributed by atoms with Crippen molar-refractivity contribution in [1.82, 2.24) is 5.32 Å². The number of methoxy groups -OCH3 is 1. The van der Waals surface area contributed by atoms with Crippen LogP contribution in [0.25, 0.3) is 0 Å². The molecule has 0 radical (unpaired) electrons. The molecule has 28 heavy (non-hydrogen) atoms. The molecule has 0 bridgehead atoms. The first-order chi connectivity index (χ1) is 13.5. The quantitative estimate of drug-likeness (QED) is 0.203. The zero-order chi connectivity index (χ0) is 20.1. The summed E-state index contributed by atoms with van der Waals surface area (Å²) in [6.45, 7) is 1.56. The third kappa shape index (κ3) is 5.08. The first-order valence-corrected chi connectivity index (χ1v) is 10.4. The predicted molar refractivity (Wildman–Crippen MR) is 117 cm³/mol. The summed E-state index contributed by atoms with van der Waals surface area (Å²) in [5, 5.41) is 26.5. The fourth-order valence-corrected chi connectivity index (χ4v) is 4.24. The molecule has 0 amide bonds. The van der Waals surface area contributed by atoms with Crippen LogP contribution < -0.4 is 10.6 Å². The summed E-state index contributed by atoms with van der Waals surface area (Å²) < 4.78 is 5.77. The van der Waals surface area contributed by atoms with E-state index >= 15 is 0 Å². The van der Waals surface area contributed by atoms with Gasteiger partial charge in [-0.25, -0.2) is 0 Å². The van der Waals surface area contributed by atoms with Gasteiger partial charge in [-0.2, -0.15) is 0 Å². The summed E-state index contributed by atoms with van der Waals surface area (Å²) >= 11 is 2.31. The number of hydrogen-bond donors (Lipinski definition) is 4. The Bertz CT molecular complexity index is 857. The third-order valence-electron chi connectivity index (χ3n) is 4.97. The Kier molecular flexibility index (Phi) is 7.01. The van der Waals surface area contributed by atoms with Crippen LogP contribution in [-0.4, -0.2) is 36.4 Å². The van der Waals surface area contributed by atoms with E-state index in [9.17, 15) is 15.0 Å². The van der Waals surface area contributed by atoms with Gasteiger partial charge >= 0.3 is 5.97 Å². The summed E-state index contributed by atoms with van der Waals surface area (Å²) in [7, 11) is 1.40. The molecule has 0 saturated heterocycles. The number of phenols is 2. The molecule has 0 aromatic heterocycles. The highest BCUT2D eigenvalue weighted by Crippen LogP contribution is 2.35. The maximum Gasteiger partial charge on any atom is 0.305 e. The number of esters is 1. The second-order valence-electron chi connectivity index (χ2n) is 6.92. The summed E-state index contributed by atoms with van der Waals surface area (Å²) in [6, 6.07) is 9.76. The number of fused-ring (bicyclic) bond motifs is 1. The Morgan fingerprint density at radius 1 is 1.29 bits per heavy atom. The number of anilines is 1. The van der Waals surface area contributed by atoms with Crippen molar-refractivity contribution in [2.45, 2.75) is 31.7 Å². The monoisotopic (exact) mass is 496 g/mol. The lowest BCUT2D eigenvalue weighted by molar-refractivity contribution is -0.140. The largest absolute Gasteiger partial charge is 0.504 e. The fourth-order valence-electron chi connectivity index (χ4n) is 3.47. The van der Waals surface area contributed by atoms with Gasteiger partial charge in [-0.1, -0.05) is 6.07 Å². The van der Waals surface area contributed by atoms with Gasteiger partial charge in [0.15, 0.2) is 11.5 Å². The van der Waals surface area contributed by atoms with Crippen LogP contribution in [0.1, 0.15) is 35.6 Å². The normalized spacial score (nSPS) is 15.7. The zero-order valence-electron chi connectivity index (χ0n) is 15.8. The molecule has 1 atom stereocenters. The van der Waals surface area contributed by atoms with E-state index in [1.807, 2.05) is 0 Å². The van der Waals surface area contributed by atoms with Crippen LogP contribution >= 0.6 is 22.6 Å². The summed E-state index contributed by atoms with van der Waals surface area (Å²) in [5.74, 6) is -0.323. The molecule has 0 spiro atoms. The Morgan fingerprint density at radius 3 is 2.82 bits per heavy atom. The van der Waals surface area contributed by atoms with E-state index in [0.717, 1.165) is 46.2 Å². The van der Waals surface area contributed by atoms with Gasteiger partial charge in [0.1, 0.15) is 0 Å². The van der Waals surface area contributed by atoms with E-state index in [-0.39, 0.29) is 23.5 Å². The number of benzene rings is 2. The van der Waals surface area contributed by atoms with Crippen LogP contribution in [-0.2, 0) is 22.4 Å².